The standard InChI is InChI=1S/C18H21ClN2O3/c19-13-2-3-16-12(6-13)7-14(20-16)9-21-10-15(8-17(22)23)24-18(11-21)4-1-5-18/h2-3,6-7,15,20H,1,4-5,8-11H2,(H,22,23). The number of fused-ring (bicyclic) bond motifs is 1. The molecule has 1 saturated heterocycles. The van der Waals surface area contributed by atoms with E-state index in [0.29, 0.717) is 6.54 Å². The van der Waals surface area contributed by atoms with E-state index in [4.69, 9.17) is 21.4 Å². The van der Waals surface area contributed by atoms with Gasteiger partial charge >= 0.3 is 5.97 Å². The molecular weight excluding hydrogens is 328 g/mol. The van der Waals surface area contributed by atoms with Gasteiger partial charge in [0.05, 0.1) is 18.1 Å². The third-order valence-electron chi connectivity index (χ3n) is 5.09. The van der Waals surface area contributed by atoms with Crippen molar-refractivity contribution in [2.45, 2.75) is 43.9 Å². The number of hydrogen-bond donors (Lipinski definition) is 2. The molecule has 1 atom stereocenters. The van der Waals surface area contributed by atoms with Crippen LogP contribution in [-0.2, 0) is 16.1 Å². The molecule has 1 aliphatic carbocycles. The van der Waals surface area contributed by atoms with E-state index >= 15 is 0 Å². The van der Waals surface area contributed by atoms with Crippen LogP contribution < -0.4 is 0 Å². The molecule has 2 aromatic rings. The van der Waals surface area contributed by atoms with E-state index in [-0.39, 0.29) is 18.1 Å². The Labute approximate surface area is 145 Å². The number of morpholine rings is 1. The van der Waals surface area contributed by atoms with E-state index in [1.807, 2.05) is 18.2 Å². The number of rotatable bonds is 4. The van der Waals surface area contributed by atoms with Crippen molar-refractivity contribution in [3.05, 3.63) is 35.0 Å². The van der Waals surface area contributed by atoms with Crippen molar-refractivity contribution < 1.29 is 14.6 Å². The molecule has 2 heterocycles. The van der Waals surface area contributed by atoms with Crippen LogP contribution in [-0.4, -0.2) is 45.8 Å². The summed E-state index contributed by atoms with van der Waals surface area (Å²) in [4.78, 5) is 16.8. The summed E-state index contributed by atoms with van der Waals surface area (Å²) < 4.78 is 6.11. The van der Waals surface area contributed by atoms with Gasteiger partial charge in [0.2, 0.25) is 0 Å². The quantitative estimate of drug-likeness (QED) is 0.888. The van der Waals surface area contributed by atoms with Crippen LogP contribution in [0.25, 0.3) is 10.9 Å². The Kier molecular flexibility index (Phi) is 4.03. The van der Waals surface area contributed by atoms with Gasteiger partial charge in [-0.15, -0.1) is 0 Å². The van der Waals surface area contributed by atoms with Crippen LogP contribution in [0.15, 0.2) is 24.3 Å². The van der Waals surface area contributed by atoms with Crippen molar-refractivity contribution in [3.63, 3.8) is 0 Å². The SMILES string of the molecule is O=C(O)CC1CN(Cc2cc3cc(Cl)ccc3[nH]2)CC2(CCC2)O1. The van der Waals surface area contributed by atoms with Gasteiger partial charge in [0.1, 0.15) is 0 Å². The molecule has 24 heavy (non-hydrogen) atoms. The minimum atomic E-state index is -0.795. The number of nitrogens with zero attached hydrogens (tertiary/aromatic N) is 1. The summed E-state index contributed by atoms with van der Waals surface area (Å²) >= 11 is 6.05. The Morgan fingerprint density at radius 3 is 2.96 bits per heavy atom. The largest absolute Gasteiger partial charge is 0.481 e. The molecule has 4 rings (SSSR count). The fraction of sp³-hybridized carbons (Fsp3) is 0.500. The fourth-order valence-electron chi connectivity index (χ4n) is 3.95. The van der Waals surface area contributed by atoms with Crippen LogP contribution in [0.3, 0.4) is 0 Å². The molecule has 128 valence electrons. The van der Waals surface area contributed by atoms with Gasteiger partial charge < -0.3 is 14.8 Å². The number of carboxylic acids is 1. The van der Waals surface area contributed by atoms with Crippen molar-refractivity contribution >= 4 is 28.5 Å². The predicted octanol–water partition coefficient (Wildman–Crippen LogP) is 3.42. The zero-order chi connectivity index (χ0) is 16.7. The maximum atomic E-state index is 11.1. The zero-order valence-electron chi connectivity index (χ0n) is 13.4. The molecule has 1 aromatic carbocycles. The van der Waals surface area contributed by atoms with Gasteiger partial charge in [0.15, 0.2) is 0 Å². The van der Waals surface area contributed by atoms with Crippen LogP contribution in [0.2, 0.25) is 5.02 Å². The van der Waals surface area contributed by atoms with E-state index in [9.17, 15) is 4.79 Å². The average molecular weight is 349 g/mol. The molecule has 1 saturated carbocycles. The number of nitrogens with one attached hydrogen (secondary N) is 1. The molecule has 2 aliphatic rings. The Morgan fingerprint density at radius 2 is 2.25 bits per heavy atom. The number of aliphatic carboxylic acids is 1. The number of hydrogen-bond acceptors (Lipinski definition) is 3. The van der Waals surface area contributed by atoms with Crippen molar-refractivity contribution in [2.75, 3.05) is 13.1 Å². The van der Waals surface area contributed by atoms with E-state index in [1.165, 1.54) is 6.42 Å². The van der Waals surface area contributed by atoms with Crippen molar-refractivity contribution in [2.24, 2.45) is 0 Å². The highest BCUT2D eigenvalue weighted by atomic mass is 35.5. The number of ether oxygens (including phenoxy) is 1. The molecule has 6 heteroatoms. The first kappa shape index (κ1) is 15.9. The first-order chi connectivity index (χ1) is 11.5. The summed E-state index contributed by atoms with van der Waals surface area (Å²) in [7, 11) is 0. The normalized spacial score (nSPS) is 23.5. The highest BCUT2D eigenvalue weighted by Gasteiger charge is 2.45. The molecule has 1 unspecified atom stereocenters. The number of carbonyl (C=O) groups is 1. The third-order valence-corrected chi connectivity index (χ3v) is 5.32. The van der Waals surface area contributed by atoms with E-state index in [0.717, 1.165) is 47.6 Å². The van der Waals surface area contributed by atoms with E-state index in [2.05, 4.69) is 16.0 Å². The maximum Gasteiger partial charge on any atom is 0.306 e. The first-order valence-electron chi connectivity index (χ1n) is 8.40. The van der Waals surface area contributed by atoms with Gasteiger partial charge in [0, 0.05) is 41.3 Å². The van der Waals surface area contributed by atoms with E-state index in [1.54, 1.807) is 0 Å². The average Bonchev–Trinajstić information content (AvgIpc) is 2.85. The molecule has 1 aliphatic heterocycles. The summed E-state index contributed by atoms with van der Waals surface area (Å²) in [6.45, 7) is 2.30. The van der Waals surface area contributed by atoms with Crippen LogP contribution in [0.1, 0.15) is 31.4 Å². The number of benzene rings is 1. The minimum Gasteiger partial charge on any atom is -0.481 e. The summed E-state index contributed by atoms with van der Waals surface area (Å²) in [6, 6.07) is 7.94. The van der Waals surface area contributed by atoms with Gasteiger partial charge in [-0.25, -0.2) is 0 Å². The highest BCUT2D eigenvalue weighted by molar-refractivity contribution is 6.31. The highest BCUT2D eigenvalue weighted by Crippen LogP contribution is 2.40. The Balaban J connectivity index is 1.51. The minimum absolute atomic E-state index is 0.0700. The second-order valence-electron chi connectivity index (χ2n) is 7.07. The number of H-pyrrole nitrogens is 1. The smallest absolute Gasteiger partial charge is 0.306 e. The molecule has 5 nitrogen and oxygen atoms in total. The van der Waals surface area contributed by atoms with Crippen LogP contribution >= 0.6 is 11.6 Å². The monoisotopic (exact) mass is 348 g/mol. The number of halogens is 1. The number of aromatic nitrogens is 1. The van der Waals surface area contributed by atoms with Crippen LogP contribution in [0.5, 0.6) is 0 Å². The first-order valence-corrected chi connectivity index (χ1v) is 8.78. The van der Waals surface area contributed by atoms with E-state index < -0.39 is 5.97 Å². The summed E-state index contributed by atoms with van der Waals surface area (Å²) in [5.74, 6) is -0.795. The number of carboxylic acid groups (broad SMARTS) is 1. The van der Waals surface area contributed by atoms with Gasteiger partial charge in [-0.1, -0.05) is 11.6 Å². The lowest BCUT2D eigenvalue weighted by molar-refractivity contribution is -0.196. The van der Waals surface area contributed by atoms with Gasteiger partial charge in [0.25, 0.3) is 0 Å². The van der Waals surface area contributed by atoms with Crippen molar-refractivity contribution in [1.29, 1.82) is 0 Å². The zero-order valence-corrected chi connectivity index (χ0v) is 14.2. The van der Waals surface area contributed by atoms with Crippen LogP contribution in [0, 0.1) is 0 Å². The predicted molar refractivity (Wildman–Crippen MR) is 92.3 cm³/mol. The summed E-state index contributed by atoms with van der Waals surface area (Å²) in [6.07, 6.45) is 3.07. The Bertz CT molecular complexity index is 769. The fourth-order valence-corrected chi connectivity index (χ4v) is 4.13. The Morgan fingerprint density at radius 1 is 1.42 bits per heavy atom. The van der Waals surface area contributed by atoms with Crippen LogP contribution in [0.4, 0.5) is 0 Å². The molecule has 2 N–H and O–H groups in total. The lowest BCUT2D eigenvalue weighted by atomic mass is 9.78. The second-order valence-corrected chi connectivity index (χ2v) is 7.51. The van der Waals surface area contributed by atoms with Gasteiger partial charge in [-0.3, -0.25) is 9.69 Å². The van der Waals surface area contributed by atoms with Crippen molar-refractivity contribution in [1.82, 2.24) is 9.88 Å². The Hall–Kier alpha value is -1.56. The molecule has 2 fully saturated rings. The topological polar surface area (TPSA) is 65.6 Å². The second kappa shape index (κ2) is 6.06. The molecule has 0 bridgehead atoms. The molecule has 0 radical (unpaired) electrons. The molecule has 1 spiro atoms. The summed E-state index contributed by atoms with van der Waals surface area (Å²) in [5, 5.41) is 10.9. The molecule has 1 aromatic heterocycles. The molecule has 0 amide bonds. The summed E-state index contributed by atoms with van der Waals surface area (Å²) in [5.41, 5.74) is 2.06. The van der Waals surface area contributed by atoms with Crippen molar-refractivity contribution in [3.8, 4) is 0 Å². The lowest BCUT2D eigenvalue weighted by Gasteiger charge is -2.51. The maximum absolute atomic E-state index is 11.1. The lowest BCUT2D eigenvalue weighted by Crippen LogP contribution is -2.58. The third kappa shape index (κ3) is 3.16. The van der Waals surface area contributed by atoms with Gasteiger partial charge in [-0.2, -0.15) is 0 Å². The van der Waals surface area contributed by atoms with Gasteiger partial charge in [-0.05, 0) is 43.5 Å². The molecular formula is C18H21ClN2O3. The number of aromatic amines is 1.